The smallest absolute Gasteiger partial charge is 0.339 e. The molecule has 0 saturated heterocycles. The van der Waals surface area contributed by atoms with Crippen molar-refractivity contribution in [1.82, 2.24) is 0 Å². The minimum atomic E-state index is -0.667. The van der Waals surface area contributed by atoms with Crippen LogP contribution < -0.4 is 18.9 Å². The second kappa shape index (κ2) is 9.28. The average molecular weight is 527 g/mol. The van der Waals surface area contributed by atoms with Gasteiger partial charge in [-0.3, -0.25) is 0 Å². The molecule has 36 heavy (non-hydrogen) atoms. The van der Waals surface area contributed by atoms with E-state index in [2.05, 4.69) is 0 Å². The summed E-state index contributed by atoms with van der Waals surface area (Å²) in [7, 11) is 0. The fourth-order valence-electron chi connectivity index (χ4n) is 4.65. The lowest BCUT2D eigenvalue weighted by Crippen LogP contribution is -2.21. The number of benzene rings is 3. The highest BCUT2D eigenvalue weighted by Crippen LogP contribution is 2.49. The normalized spacial score (nSPS) is 15.5. The molecule has 0 atom stereocenters. The van der Waals surface area contributed by atoms with Crippen LogP contribution in [-0.4, -0.2) is 47.5 Å². The van der Waals surface area contributed by atoms with E-state index in [9.17, 15) is 9.90 Å². The quantitative estimate of drug-likeness (QED) is 0.228. The number of thioether (sulfide) groups is 2. The lowest BCUT2D eigenvalue weighted by Gasteiger charge is -2.18. The Labute approximate surface area is 217 Å². The van der Waals surface area contributed by atoms with Crippen LogP contribution in [0.4, 0.5) is 0 Å². The van der Waals surface area contributed by atoms with E-state index in [-0.39, 0.29) is 26.2 Å². The van der Waals surface area contributed by atoms with Gasteiger partial charge >= 0.3 is 5.97 Å². The van der Waals surface area contributed by atoms with Crippen molar-refractivity contribution in [2.75, 3.05) is 30.8 Å². The van der Waals surface area contributed by atoms with Crippen molar-refractivity contribution in [3.8, 4) is 34.1 Å². The Kier molecular flexibility index (Phi) is 6.09. The van der Waals surface area contributed by atoms with Crippen molar-refractivity contribution in [1.29, 1.82) is 0 Å². The van der Waals surface area contributed by atoms with Gasteiger partial charge in [-0.2, -0.15) is 11.8 Å². The van der Waals surface area contributed by atoms with Crippen molar-refractivity contribution >= 4 is 40.3 Å². The predicted molar refractivity (Wildman–Crippen MR) is 140 cm³/mol. The van der Waals surface area contributed by atoms with Crippen molar-refractivity contribution < 1.29 is 33.6 Å². The van der Waals surface area contributed by atoms with E-state index >= 15 is 0 Å². The van der Waals surface area contributed by atoms with Gasteiger partial charge in [0.05, 0.1) is 11.2 Å². The molecule has 3 aromatic carbocycles. The summed E-state index contributed by atoms with van der Waals surface area (Å²) >= 11 is 3.49. The minimum absolute atomic E-state index is 0.174. The fourth-order valence-corrected chi connectivity index (χ4v) is 6.97. The predicted octanol–water partition coefficient (Wildman–Crippen LogP) is 5.62. The number of cyclic esters (lactones) is 1. The van der Waals surface area contributed by atoms with Crippen molar-refractivity contribution in [2.24, 2.45) is 0 Å². The van der Waals surface area contributed by atoms with Gasteiger partial charge in [0, 0.05) is 27.2 Å². The van der Waals surface area contributed by atoms with E-state index in [1.807, 2.05) is 44.2 Å². The molecule has 0 aromatic heterocycles. The van der Waals surface area contributed by atoms with Crippen molar-refractivity contribution in [2.45, 2.75) is 37.4 Å². The van der Waals surface area contributed by atoms with Crippen LogP contribution in [0.2, 0.25) is 0 Å². The van der Waals surface area contributed by atoms with Gasteiger partial charge in [0.2, 0.25) is 13.6 Å². The summed E-state index contributed by atoms with van der Waals surface area (Å²) in [5.41, 5.74) is 2.51. The molecule has 1 N–H and O–H groups in total. The second-order valence-electron chi connectivity index (χ2n) is 9.52. The highest BCUT2D eigenvalue weighted by molar-refractivity contribution is 8.00. The SMILES string of the molecule is CC(C)(O)CSCCCSc1c2c(c(-c3ccc4c(c3)OCO4)c3cc4c(cc13)OCO4)C(=O)OC2. The lowest BCUT2D eigenvalue weighted by molar-refractivity contribution is 0.0534. The van der Waals surface area contributed by atoms with Gasteiger partial charge in [0.15, 0.2) is 23.0 Å². The summed E-state index contributed by atoms with van der Waals surface area (Å²) in [6.07, 6.45) is 0.977. The minimum Gasteiger partial charge on any atom is -0.457 e. The molecule has 0 spiro atoms. The number of esters is 1. The number of carbonyl (C=O) groups excluding carboxylic acids is 1. The van der Waals surface area contributed by atoms with Gasteiger partial charge < -0.3 is 28.8 Å². The zero-order valence-corrected chi connectivity index (χ0v) is 21.7. The van der Waals surface area contributed by atoms with E-state index in [4.69, 9.17) is 23.7 Å². The molecule has 0 saturated carbocycles. The first-order chi connectivity index (χ1) is 17.4. The maximum atomic E-state index is 13.1. The number of hydrogen-bond acceptors (Lipinski definition) is 9. The molecule has 3 aromatic rings. The number of rotatable bonds is 8. The van der Waals surface area contributed by atoms with E-state index in [1.54, 1.807) is 23.5 Å². The Morgan fingerprint density at radius 1 is 0.861 bits per heavy atom. The third-order valence-corrected chi connectivity index (χ3v) is 8.94. The highest BCUT2D eigenvalue weighted by atomic mass is 32.2. The van der Waals surface area contributed by atoms with Crippen LogP contribution >= 0.6 is 23.5 Å². The Morgan fingerprint density at radius 3 is 2.31 bits per heavy atom. The Hall–Kier alpha value is -2.75. The zero-order valence-electron chi connectivity index (χ0n) is 20.0. The molecule has 0 radical (unpaired) electrons. The molecular weight excluding hydrogens is 500 g/mol. The van der Waals surface area contributed by atoms with Crippen LogP contribution in [-0.2, 0) is 11.3 Å². The molecule has 6 rings (SSSR count). The van der Waals surface area contributed by atoms with Gasteiger partial charge in [-0.15, -0.1) is 11.8 Å². The summed E-state index contributed by atoms with van der Waals surface area (Å²) in [4.78, 5) is 14.1. The highest BCUT2D eigenvalue weighted by Gasteiger charge is 2.33. The summed E-state index contributed by atoms with van der Waals surface area (Å²) in [6.45, 7) is 4.25. The van der Waals surface area contributed by atoms with Crippen LogP contribution in [0.15, 0.2) is 35.2 Å². The fraction of sp³-hybridized carbons (Fsp3) is 0.370. The van der Waals surface area contributed by atoms with E-state index < -0.39 is 5.60 Å². The molecule has 0 fully saturated rings. The number of hydrogen-bond donors (Lipinski definition) is 1. The molecule has 7 nitrogen and oxygen atoms in total. The van der Waals surface area contributed by atoms with Crippen LogP contribution in [0.3, 0.4) is 0 Å². The summed E-state index contributed by atoms with van der Waals surface area (Å²) in [6, 6.07) is 9.72. The number of fused-ring (bicyclic) bond motifs is 4. The Bertz CT molecular complexity index is 1360. The van der Waals surface area contributed by atoms with E-state index in [0.717, 1.165) is 50.3 Å². The third-order valence-electron chi connectivity index (χ3n) is 6.20. The number of aliphatic hydroxyl groups is 1. The summed E-state index contributed by atoms with van der Waals surface area (Å²) in [5.74, 6) is 4.92. The van der Waals surface area contributed by atoms with Gasteiger partial charge in [0.1, 0.15) is 6.61 Å². The third kappa shape index (κ3) is 4.33. The first-order valence-electron chi connectivity index (χ1n) is 11.8. The molecule has 0 unspecified atom stereocenters. The molecule has 0 bridgehead atoms. The molecule has 3 aliphatic rings. The van der Waals surface area contributed by atoms with Gasteiger partial charge in [-0.25, -0.2) is 4.79 Å². The maximum absolute atomic E-state index is 13.1. The Morgan fingerprint density at radius 2 is 1.56 bits per heavy atom. The standard InChI is InChI=1S/C27H26O7S2/c1-27(2,29)12-35-6-3-7-36-25-17-10-22-21(33-14-34-22)9-16(17)23(24-18(25)11-30-26(24)28)15-4-5-19-20(8-15)32-13-31-19/h4-5,8-10,29H,3,6-7,11-14H2,1-2H3. The molecule has 9 heteroatoms. The topological polar surface area (TPSA) is 83.5 Å². The molecule has 3 heterocycles. The number of carbonyl (C=O) groups is 1. The number of ether oxygens (including phenoxy) is 5. The zero-order chi connectivity index (χ0) is 24.9. The first-order valence-corrected chi connectivity index (χ1v) is 14.0. The second-order valence-corrected chi connectivity index (χ2v) is 11.7. The van der Waals surface area contributed by atoms with E-state index in [1.165, 1.54) is 0 Å². The molecule has 188 valence electrons. The monoisotopic (exact) mass is 526 g/mol. The van der Waals surface area contributed by atoms with Crippen LogP contribution in [0.25, 0.3) is 21.9 Å². The largest absolute Gasteiger partial charge is 0.457 e. The maximum Gasteiger partial charge on any atom is 0.339 e. The molecular formula is C27H26O7S2. The molecule has 0 amide bonds. The van der Waals surface area contributed by atoms with Crippen molar-refractivity contribution in [3.05, 3.63) is 41.5 Å². The van der Waals surface area contributed by atoms with Crippen LogP contribution in [0.5, 0.6) is 23.0 Å². The lowest BCUT2D eigenvalue weighted by atomic mass is 9.90. The van der Waals surface area contributed by atoms with Gasteiger partial charge in [-0.05, 0) is 67.0 Å². The first kappa shape index (κ1) is 23.6. The molecule has 0 aliphatic carbocycles. The summed E-state index contributed by atoms with van der Waals surface area (Å²) < 4.78 is 28.1. The Balaban J connectivity index is 1.42. The van der Waals surface area contributed by atoms with Gasteiger partial charge in [-0.1, -0.05) is 6.07 Å². The van der Waals surface area contributed by atoms with Gasteiger partial charge in [0.25, 0.3) is 0 Å². The van der Waals surface area contributed by atoms with Crippen LogP contribution in [0, 0.1) is 0 Å². The summed E-state index contributed by atoms with van der Waals surface area (Å²) in [5, 5.41) is 11.9. The average Bonchev–Trinajstić information content (AvgIpc) is 3.58. The van der Waals surface area contributed by atoms with Crippen molar-refractivity contribution in [3.63, 3.8) is 0 Å². The van der Waals surface area contributed by atoms with E-state index in [0.29, 0.717) is 34.3 Å². The molecule has 3 aliphatic heterocycles. The van der Waals surface area contributed by atoms with Crippen LogP contribution in [0.1, 0.15) is 36.2 Å².